The third-order valence-electron chi connectivity index (χ3n) is 4.20. The van der Waals surface area contributed by atoms with Crippen LogP contribution in [0.1, 0.15) is 36.0 Å². The SMILES string of the molecule is CS(=O)(=O)c1cccc(C(=O)N2C3CCC2CC3)c1. The van der Waals surface area contributed by atoms with E-state index in [0.717, 1.165) is 31.9 Å². The molecule has 0 aliphatic carbocycles. The summed E-state index contributed by atoms with van der Waals surface area (Å²) in [6.45, 7) is 0. The van der Waals surface area contributed by atoms with Gasteiger partial charge >= 0.3 is 0 Å². The minimum atomic E-state index is -3.26. The Kier molecular flexibility index (Phi) is 2.89. The lowest BCUT2D eigenvalue weighted by atomic mass is 10.0. The van der Waals surface area contributed by atoms with Gasteiger partial charge in [0, 0.05) is 23.9 Å². The molecule has 0 saturated carbocycles. The third kappa shape index (κ3) is 2.16. The second kappa shape index (κ2) is 4.34. The average Bonchev–Trinajstić information content (AvgIpc) is 2.97. The molecule has 0 spiro atoms. The Hall–Kier alpha value is -1.36. The van der Waals surface area contributed by atoms with Crippen molar-refractivity contribution in [3.63, 3.8) is 0 Å². The van der Waals surface area contributed by atoms with Gasteiger partial charge in [-0.05, 0) is 43.9 Å². The van der Waals surface area contributed by atoms with Crippen molar-refractivity contribution in [1.29, 1.82) is 0 Å². The van der Waals surface area contributed by atoms with Crippen LogP contribution in [0.4, 0.5) is 0 Å². The molecule has 1 aromatic carbocycles. The number of nitrogens with zero attached hydrogens (tertiary/aromatic N) is 1. The van der Waals surface area contributed by atoms with E-state index >= 15 is 0 Å². The van der Waals surface area contributed by atoms with E-state index in [0.29, 0.717) is 17.6 Å². The highest BCUT2D eigenvalue weighted by Gasteiger charge is 2.42. The quantitative estimate of drug-likeness (QED) is 0.830. The number of carbonyl (C=O) groups is 1. The van der Waals surface area contributed by atoms with Gasteiger partial charge in [-0.1, -0.05) is 6.07 Å². The number of sulfone groups is 1. The lowest BCUT2D eigenvalue weighted by Gasteiger charge is -2.22. The molecular formula is C14H17NO3S. The van der Waals surface area contributed by atoms with Gasteiger partial charge < -0.3 is 4.90 Å². The Morgan fingerprint density at radius 3 is 2.26 bits per heavy atom. The van der Waals surface area contributed by atoms with Gasteiger partial charge in [-0.25, -0.2) is 8.42 Å². The van der Waals surface area contributed by atoms with Gasteiger partial charge in [0.1, 0.15) is 0 Å². The first-order valence-electron chi connectivity index (χ1n) is 6.59. The van der Waals surface area contributed by atoms with Crippen LogP contribution in [0.2, 0.25) is 0 Å². The second-order valence-corrected chi connectivity index (χ2v) is 7.49. The van der Waals surface area contributed by atoms with Crippen LogP contribution in [0.3, 0.4) is 0 Å². The van der Waals surface area contributed by atoms with E-state index in [2.05, 4.69) is 0 Å². The van der Waals surface area contributed by atoms with Crippen LogP contribution in [0, 0.1) is 0 Å². The average molecular weight is 279 g/mol. The number of rotatable bonds is 2. The van der Waals surface area contributed by atoms with Crippen LogP contribution < -0.4 is 0 Å². The fourth-order valence-electron chi connectivity index (χ4n) is 3.25. The van der Waals surface area contributed by atoms with Crippen molar-refractivity contribution >= 4 is 15.7 Å². The first kappa shape index (κ1) is 12.7. The number of carbonyl (C=O) groups excluding carboxylic acids is 1. The molecule has 3 rings (SSSR count). The molecule has 1 amide bonds. The summed E-state index contributed by atoms with van der Waals surface area (Å²) in [5.41, 5.74) is 0.488. The normalized spacial score (nSPS) is 25.8. The van der Waals surface area contributed by atoms with Crippen LogP contribution in [0.25, 0.3) is 0 Å². The summed E-state index contributed by atoms with van der Waals surface area (Å²) in [4.78, 5) is 14.7. The fourth-order valence-corrected chi connectivity index (χ4v) is 3.92. The number of amides is 1. The smallest absolute Gasteiger partial charge is 0.254 e. The van der Waals surface area contributed by atoms with Crippen molar-refractivity contribution in [2.24, 2.45) is 0 Å². The molecule has 5 heteroatoms. The second-order valence-electron chi connectivity index (χ2n) is 5.47. The molecule has 2 fully saturated rings. The number of benzene rings is 1. The predicted molar refractivity (Wildman–Crippen MR) is 71.8 cm³/mol. The minimum absolute atomic E-state index is 0.0181. The molecule has 0 N–H and O–H groups in total. The summed E-state index contributed by atoms with van der Waals surface area (Å²) in [5, 5.41) is 0. The van der Waals surface area contributed by atoms with E-state index in [4.69, 9.17) is 0 Å². The molecular weight excluding hydrogens is 262 g/mol. The highest BCUT2D eigenvalue weighted by Crippen LogP contribution is 2.38. The van der Waals surface area contributed by atoms with Gasteiger partial charge in [-0.15, -0.1) is 0 Å². The van der Waals surface area contributed by atoms with Gasteiger partial charge in [-0.2, -0.15) is 0 Å². The first-order chi connectivity index (χ1) is 8.97. The maximum Gasteiger partial charge on any atom is 0.254 e. The lowest BCUT2D eigenvalue weighted by molar-refractivity contribution is 0.0729. The fraction of sp³-hybridized carbons (Fsp3) is 0.500. The monoisotopic (exact) mass is 279 g/mol. The minimum Gasteiger partial charge on any atom is -0.333 e. The van der Waals surface area contributed by atoms with E-state index in [1.807, 2.05) is 4.90 Å². The zero-order valence-corrected chi connectivity index (χ0v) is 11.7. The van der Waals surface area contributed by atoms with Crippen molar-refractivity contribution < 1.29 is 13.2 Å². The molecule has 19 heavy (non-hydrogen) atoms. The number of hydrogen-bond acceptors (Lipinski definition) is 3. The zero-order chi connectivity index (χ0) is 13.6. The largest absolute Gasteiger partial charge is 0.333 e. The molecule has 1 aromatic rings. The summed E-state index contributed by atoms with van der Waals surface area (Å²) < 4.78 is 23.1. The van der Waals surface area contributed by atoms with E-state index in [1.54, 1.807) is 12.1 Å². The molecule has 0 atom stereocenters. The molecule has 2 heterocycles. The van der Waals surface area contributed by atoms with Gasteiger partial charge in [0.25, 0.3) is 5.91 Å². The Bertz CT molecular complexity index is 603. The Balaban J connectivity index is 1.93. The predicted octanol–water partition coefficient (Wildman–Crippen LogP) is 1.86. The van der Waals surface area contributed by atoms with E-state index in [1.165, 1.54) is 12.1 Å². The van der Waals surface area contributed by atoms with Crippen molar-refractivity contribution in [3.05, 3.63) is 29.8 Å². The maximum absolute atomic E-state index is 12.5. The molecule has 0 radical (unpaired) electrons. The topological polar surface area (TPSA) is 54.5 Å². The van der Waals surface area contributed by atoms with Crippen molar-refractivity contribution in [2.45, 2.75) is 42.7 Å². The molecule has 102 valence electrons. The molecule has 0 aromatic heterocycles. The maximum atomic E-state index is 12.5. The molecule has 2 aliphatic rings. The lowest BCUT2D eigenvalue weighted by Crippen LogP contribution is -2.35. The Morgan fingerprint density at radius 2 is 1.74 bits per heavy atom. The van der Waals surface area contributed by atoms with Crippen LogP contribution in [-0.4, -0.2) is 37.6 Å². The van der Waals surface area contributed by atoms with E-state index in [-0.39, 0.29) is 10.8 Å². The van der Waals surface area contributed by atoms with E-state index in [9.17, 15) is 13.2 Å². The van der Waals surface area contributed by atoms with Crippen LogP contribution >= 0.6 is 0 Å². The van der Waals surface area contributed by atoms with Gasteiger partial charge in [0.2, 0.25) is 0 Å². The summed E-state index contributed by atoms with van der Waals surface area (Å²) in [6.07, 6.45) is 5.50. The summed E-state index contributed by atoms with van der Waals surface area (Å²) in [5.74, 6) is -0.0181. The highest BCUT2D eigenvalue weighted by molar-refractivity contribution is 7.90. The van der Waals surface area contributed by atoms with E-state index < -0.39 is 9.84 Å². The standard InChI is InChI=1S/C14H17NO3S/c1-19(17,18)13-4-2-3-10(9-13)14(16)15-11-5-6-12(15)8-7-11/h2-4,9,11-12H,5-8H2,1H3. The van der Waals surface area contributed by atoms with Crippen LogP contribution in [-0.2, 0) is 9.84 Å². The van der Waals surface area contributed by atoms with Crippen molar-refractivity contribution in [1.82, 2.24) is 4.90 Å². The molecule has 2 aliphatic heterocycles. The van der Waals surface area contributed by atoms with Crippen molar-refractivity contribution in [3.8, 4) is 0 Å². The summed E-state index contributed by atoms with van der Waals surface area (Å²) in [6, 6.07) is 7.09. The molecule has 4 nitrogen and oxygen atoms in total. The summed E-state index contributed by atoms with van der Waals surface area (Å²) >= 11 is 0. The first-order valence-corrected chi connectivity index (χ1v) is 8.49. The third-order valence-corrected chi connectivity index (χ3v) is 5.31. The highest BCUT2D eigenvalue weighted by atomic mass is 32.2. The van der Waals surface area contributed by atoms with Gasteiger partial charge in [-0.3, -0.25) is 4.79 Å². The van der Waals surface area contributed by atoms with Gasteiger partial charge in [0.15, 0.2) is 9.84 Å². The number of fused-ring (bicyclic) bond motifs is 2. The molecule has 0 unspecified atom stereocenters. The zero-order valence-electron chi connectivity index (χ0n) is 10.9. The van der Waals surface area contributed by atoms with Crippen molar-refractivity contribution in [2.75, 3.05) is 6.26 Å². The van der Waals surface area contributed by atoms with Crippen LogP contribution in [0.5, 0.6) is 0 Å². The van der Waals surface area contributed by atoms with Crippen LogP contribution in [0.15, 0.2) is 29.2 Å². The number of hydrogen-bond donors (Lipinski definition) is 0. The van der Waals surface area contributed by atoms with Gasteiger partial charge in [0.05, 0.1) is 4.90 Å². The molecule has 2 bridgehead atoms. The Labute approximate surface area is 113 Å². The Morgan fingerprint density at radius 1 is 1.16 bits per heavy atom. The molecule has 2 saturated heterocycles. The summed E-state index contributed by atoms with van der Waals surface area (Å²) in [7, 11) is -3.26.